The molecule has 0 aliphatic heterocycles. The second-order valence-electron chi connectivity index (χ2n) is 6.20. The van der Waals surface area contributed by atoms with E-state index in [4.69, 9.17) is 10.3 Å². The maximum absolute atomic E-state index is 11.8. The fourth-order valence-electron chi connectivity index (χ4n) is 2.17. The summed E-state index contributed by atoms with van der Waals surface area (Å²) in [5, 5.41) is 3.61. The van der Waals surface area contributed by atoms with Crippen molar-refractivity contribution in [3.63, 3.8) is 0 Å². The third-order valence-electron chi connectivity index (χ3n) is 2.80. The highest BCUT2D eigenvalue weighted by molar-refractivity contribution is 5.70. The van der Waals surface area contributed by atoms with E-state index in [2.05, 4.69) is 23.9 Å². The monoisotopic (exact) mass is 269 g/mol. The van der Waals surface area contributed by atoms with Gasteiger partial charge in [0.05, 0.1) is 0 Å². The first kappa shape index (κ1) is 17.8. The topological polar surface area (TPSA) is 75.1 Å². The quantitative estimate of drug-likeness (QED) is 0.282. The molecule has 0 heterocycles. The van der Waals surface area contributed by atoms with Gasteiger partial charge >= 0.3 is 5.97 Å². The first-order valence-corrected chi connectivity index (χ1v) is 7.01. The van der Waals surface area contributed by atoms with E-state index < -0.39 is 5.60 Å². The molecule has 0 aliphatic rings. The van der Waals surface area contributed by atoms with Crippen LogP contribution in [0.4, 0.5) is 0 Å². The van der Waals surface area contributed by atoms with Crippen LogP contribution in [0.1, 0.15) is 60.3 Å². The molecule has 0 aromatic rings. The molecule has 0 unspecified atom stereocenters. The van der Waals surface area contributed by atoms with E-state index >= 15 is 0 Å². The van der Waals surface area contributed by atoms with Gasteiger partial charge in [0.15, 0.2) is 0 Å². The van der Waals surface area contributed by atoms with Gasteiger partial charge < -0.3 is 4.74 Å². The molecule has 110 valence electrons. The maximum Gasteiger partial charge on any atom is 0.306 e. The fourth-order valence-corrected chi connectivity index (χ4v) is 2.17. The summed E-state index contributed by atoms with van der Waals surface area (Å²) in [5.74, 6) is 0.396. The van der Waals surface area contributed by atoms with E-state index in [0.717, 1.165) is 19.3 Å². The Balaban J connectivity index is 4.41. The Morgan fingerprint density at radius 3 is 2.53 bits per heavy atom. The van der Waals surface area contributed by atoms with Crippen LogP contribution in [0, 0.1) is 11.8 Å². The molecule has 0 aromatic heterocycles. The van der Waals surface area contributed by atoms with Crippen molar-refractivity contribution >= 4 is 5.97 Å². The predicted molar refractivity (Wildman–Crippen MR) is 76.7 cm³/mol. The second kappa shape index (κ2) is 8.81. The number of rotatable bonds is 8. The lowest BCUT2D eigenvalue weighted by Crippen LogP contribution is -2.26. The van der Waals surface area contributed by atoms with Gasteiger partial charge in [-0.1, -0.05) is 31.8 Å². The lowest BCUT2D eigenvalue weighted by Gasteiger charge is -2.23. The number of nitrogens with zero attached hydrogens (tertiary/aromatic N) is 3. The van der Waals surface area contributed by atoms with E-state index in [1.54, 1.807) is 0 Å². The van der Waals surface area contributed by atoms with Gasteiger partial charge in [-0.25, -0.2) is 0 Å². The number of carbonyl (C=O) groups is 1. The highest BCUT2D eigenvalue weighted by Crippen LogP contribution is 2.21. The molecule has 0 aliphatic carbocycles. The third-order valence-corrected chi connectivity index (χ3v) is 2.80. The summed E-state index contributed by atoms with van der Waals surface area (Å²) in [6.45, 7) is 10.2. The molecular formula is C14H27N3O2. The summed E-state index contributed by atoms with van der Waals surface area (Å²) in [4.78, 5) is 14.6. The van der Waals surface area contributed by atoms with Crippen LogP contribution in [0.15, 0.2) is 5.11 Å². The highest BCUT2D eigenvalue weighted by Gasteiger charge is 2.21. The normalized spacial score (nSPS) is 14.4. The summed E-state index contributed by atoms with van der Waals surface area (Å²) in [7, 11) is 0. The molecule has 0 N–H and O–H groups in total. The molecule has 0 bridgehead atoms. The number of carbonyl (C=O) groups excluding carboxylic acids is 1. The van der Waals surface area contributed by atoms with Gasteiger partial charge in [0.2, 0.25) is 0 Å². The van der Waals surface area contributed by atoms with Gasteiger partial charge in [0.25, 0.3) is 0 Å². The van der Waals surface area contributed by atoms with E-state index in [9.17, 15) is 4.79 Å². The molecule has 0 saturated carbocycles. The van der Waals surface area contributed by atoms with Crippen LogP contribution in [-0.4, -0.2) is 18.1 Å². The largest absolute Gasteiger partial charge is 0.460 e. The minimum Gasteiger partial charge on any atom is -0.460 e. The lowest BCUT2D eigenvalue weighted by atomic mass is 9.90. The average molecular weight is 269 g/mol. The fraction of sp³-hybridized carbons (Fsp3) is 0.929. The summed E-state index contributed by atoms with van der Waals surface area (Å²) in [6, 6.07) is 0. The molecule has 0 aromatic carbocycles. The Bertz CT molecular complexity index is 317. The van der Waals surface area contributed by atoms with Gasteiger partial charge in [-0.2, -0.15) is 0 Å². The molecule has 0 spiro atoms. The molecule has 0 rings (SSSR count). The smallest absolute Gasteiger partial charge is 0.306 e. The number of hydrogen-bond acceptors (Lipinski definition) is 3. The van der Waals surface area contributed by atoms with Crippen LogP contribution in [-0.2, 0) is 9.53 Å². The van der Waals surface area contributed by atoms with E-state index in [1.165, 1.54) is 0 Å². The Kier molecular flexibility index (Phi) is 8.24. The van der Waals surface area contributed by atoms with Crippen LogP contribution in [0.3, 0.4) is 0 Å². The molecule has 0 amide bonds. The summed E-state index contributed by atoms with van der Waals surface area (Å²) < 4.78 is 5.32. The SMILES string of the molecule is CCC[C@H](C)C[C@H](CN=[N+]=[N-])CC(=O)OC(C)(C)C. The Morgan fingerprint density at radius 1 is 1.42 bits per heavy atom. The van der Waals surface area contributed by atoms with Crippen LogP contribution < -0.4 is 0 Å². The molecule has 0 radical (unpaired) electrons. The zero-order valence-electron chi connectivity index (χ0n) is 12.8. The Morgan fingerprint density at radius 2 is 2.05 bits per heavy atom. The number of hydrogen-bond donors (Lipinski definition) is 0. The second-order valence-corrected chi connectivity index (χ2v) is 6.20. The summed E-state index contributed by atoms with van der Waals surface area (Å²) in [5.41, 5.74) is 7.95. The first-order chi connectivity index (χ1) is 8.78. The van der Waals surface area contributed by atoms with Gasteiger partial charge in [-0.3, -0.25) is 4.79 Å². The Hall–Kier alpha value is -1.22. The maximum atomic E-state index is 11.8. The third kappa shape index (κ3) is 10.4. The van der Waals surface area contributed by atoms with Crippen molar-refractivity contribution in [2.45, 2.75) is 65.9 Å². The van der Waals surface area contributed by atoms with Gasteiger partial charge in [0, 0.05) is 17.9 Å². The Labute approximate surface area is 116 Å². The van der Waals surface area contributed by atoms with Crippen molar-refractivity contribution in [1.82, 2.24) is 0 Å². The van der Waals surface area contributed by atoms with Crippen LogP contribution in [0.5, 0.6) is 0 Å². The standard InChI is InChI=1S/C14H27N3O2/c1-6-7-11(2)8-12(10-16-17-15)9-13(18)19-14(3,4)5/h11-12H,6-10H2,1-5H3/t11-,12-/m0/s1. The minimum absolute atomic E-state index is 0.0762. The van der Waals surface area contributed by atoms with Crippen molar-refractivity contribution in [1.29, 1.82) is 0 Å². The number of esters is 1. The number of ether oxygens (including phenoxy) is 1. The molecule has 5 heteroatoms. The first-order valence-electron chi connectivity index (χ1n) is 7.01. The van der Waals surface area contributed by atoms with Crippen LogP contribution in [0.2, 0.25) is 0 Å². The van der Waals surface area contributed by atoms with E-state index in [0.29, 0.717) is 18.9 Å². The van der Waals surface area contributed by atoms with Crippen LogP contribution in [0.25, 0.3) is 10.4 Å². The highest BCUT2D eigenvalue weighted by atomic mass is 16.6. The van der Waals surface area contributed by atoms with Crippen molar-refractivity contribution in [2.24, 2.45) is 17.0 Å². The van der Waals surface area contributed by atoms with Crippen molar-refractivity contribution in [3.8, 4) is 0 Å². The van der Waals surface area contributed by atoms with Crippen LogP contribution >= 0.6 is 0 Å². The molecule has 0 fully saturated rings. The summed E-state index contributed by atoms with van der Waals surface area (Å²) in [6.07, 6.45) is 3.47. The molecule has 2 atom stereocenters. The van der Waals surface area contributed by atoms with Crippen molar-refractivity contribution in [3.05, 3.63) is 10.4 Å². The van der Waals surface area contributed by atoms with Gasteiger partial charge in [-0.15, -0.1) is 0 Å². The average Bonchev–Trinajstić information content (AvgIpc) is 2.23. The molecule has 0 saturated heterocycles. The summed E-state index contributed by atoms with van der Waals surface area (Å²) >= 11 is 0. The van der Waals surface area contributed by atoms with E-state index in [1.807, 2.05) is 20.8 Å². The minimum atomic E-state index is -0.463. The zero-order valence-corrected chi connectivity index (χ0v) is 12.8. The van der Waals surface area contributed by atoms with Crippen molar-refractivity contribution in [2.75, 3.05) is 6.54 Å². The van der Waals surface area contributed by atoms with Gasteiger partial charge in [0.1, 0.15) is 5.60 Å². The zero-order chi connectivity index (χ0) is 14.9. The van der Waals surface area contributed by atoms with Crippen molar-refractivity contribution < 1.29 is 9.53 Å². The van der Waals surface area contributed by atoms with E-state index in [-0.39, 0.29) is 11.9 Å². The molecule has 5 nitrogen and oxygen atoms in total. The number of azide groups is 1. The molecular weight excluding hydrogens is 242 g/mol. The molecule has 19 heavy (non-hydrogen) atoms. The predicted octanol–water partition coefficient (Wildman–Crippen LogP) is 4.47. The van der Waals surface area contributed by atoms with Gasteiger partial charge in [-0.05, 0) is 44.6 Å². The lowest BCUT2D eigenvalue weighted by molar-refractivity contribution is -0.156.